The second-order valence-corrected chi connectivity index (χ2v) is 4.52. The lowest BCUT2D eigenvalue weighted by atomic mass is 10.1. The molecule has 1 fully saturated rings. The smallest absolute Gasteiger partial charge is 0.143 e. The van der Waals surface area contributed by atoms with Crippen LogP contribution in [0.4, 0.5) is 10.1 Å². The van der Waals surface area contributed by atoms with E-state index in [1.807, 2.05) is 12.1 Å². The van der Waals surface area contributed by atoms with Crippen LogP contribution >= 0.6 is 0 Å². The second-order valence-electron chi connectivity index (χ2n) is 4.52. The molecular formula is C14H17FN2. The van der Waals surface area contributed by atoms with E-state index >= 15 is 0 Å². The Balaban J connectivity index is 2.29. The Labute approximate surface area is 102 Å². The zero-order valence-corrected chi connectivity index (χ0v) is 10.1. The zero-order valence-electron chi connectivity index (χ0n) is 10.1. The van der Waals surface area contributed by atoms with Crippen LogP contribution < -0.4 is 4.90 Å². The van der Waals surface area contributed by atoms with Crippen LogP contribution in [-0.2, 0) is 0 Å². The Kier molecular flexibility index (Phi) is 3.63. The van der Waals surface area contributed by atoms with Crippen molar-refractivity contribution in [1.82, 2.24) is 0 Å². The minimum atomic E-state index is -0.410. The maximum Gasteiger partial charge on any atom is 0.143 e. The van der Waals surface area contributed by atoms with Gasteiger partial charge in [0.15, 0.2) is 0 Å². The third kappa shape index (κ3) is 2.58. The molecule has 0 N–H and O–H groups in total. The van der Waals surface area contributed by atoms with Gasteiger partial charge in [-0.2, -0.15) is 5.26 Å². The average Bonchev–Trinajstić information content (AvgIpc) is 3.14. The number of unbranched alkanes of at least 4 members (excludes halogenated alkanes) is 1. The molecule has 0 unspecified atom stereocenters. The molecule has 0 aliphatic heterocycles. The van der Waals surface area contributed by atoms with E-state index in [-0.39, 0.29) is 5.56 Å². The molecule has 0 radical (unpaired) electrons. The SMILES string of the molecule is CCCCN(c1cccc(F)c1C#N)C1CC1. The minimum Gasteiger partial charge on any atom is -0.367 e. The van der Waals surface area contributed by atoms with E-state index in [9.17, 15) is 4.39 Å². The average molecular weight is 232 g/mol. The lowest BCUT2D eigenvalue weighted by Crippen LogP contribution is -2.27. The molecule has 17 heavy (non-hydrogen) atoms. The van der Waals surface area contributed by atoms with E-state index in [4.69, 9.17) is 5.26 Å². The second kappa shape index (κ2) is 5.18. The van der Waals surface area contributed by atoms with Gasteiger partial charge in [-0.05, 0) is 31.4 Å². The molecule has 1 saturated carbocycles. The minimum absolute atomic E-state index is 0.190. The molecule has 0 bridgehead atoms. The van der Waals surface area contributed by atoms with Crippen molar-refractivity contribution < 1.29 is 4.39 Å². The van der Waals surface area contributed by atoms with Gasteiger partial charge < -0.3 is 4.90 Å². The summed E-state index contributed by atoms with van der Waals surface area (Å²) < 4.78 is 13.6. The van der Waals surface area contributed by atoms with Crippen LogP contribution in [0.25, 0.3) is 0 Å². The summed E-state index contributed by atoms with van der Waals surface area (Å²) in [5.41, 5.74) is 0.957. The Bertz CT molecular complexity index is 432. The fourth-order valence-corrected chi connectivity index (χ4v) is 2.08. The van der Waals surface area contributed by atoms with Crippen LogP contribution in [-0.4, -0.2) is 12.6 Å². The molecule has 1 aliphatic carbocycles. The first-order valence-corrected chi connectivity index (χ1v) is 6.23. The van der Waals surface area contributed by atoms with Crippen LogP contribution in [0.3, 0.4) is 0 Å². The molecule has 0 saturated heterocycles. The van der Waals surface area contributed by atoms with E-state index in [0.717, 1.165) is 37.9 Å². The molecule has 0 heterocycles. The normalized spacial score (nSPS) is 14.4. The van der Waals surface area contributed by atoms with Crippen molar-refractivity contribution >= 4 is 5.69 Å². The maximum atomic E-state index is 13.6. The van der Waals surface area contributed by atoms with Gasteiger partial charge in [-0.25, -0.2) is 4.39 Å². The van der Waals surface area contributed by atoms with Gasteiger partial charge in [-0.3, -0.25) is 0 Å². The Morgan fingerprint density at radius 1 is 1.47 bits per heavy atom. The summed E-state index contributed by atoms with van der Waals surface area (Å²) in [7, 11) is 0. The van der Waals surface area contributed by atoms with Crippen molar-refractivity contribution in [2.75, 3.05) is 11.4 Å². The topological polar surface area (TPSA) is 27.0 Å². The fourth-order valence-electron chi connectivity index (χ4n) is 2.08. The summed E-state index contributed by atoms with van der Waals surface area (Å²) in [6.07, 6.45) is 4.51. The number of nitriles is 1. The predicted octanol–water partition coefficient (Wildman–Crippen LogP) is 3.47. The molecule has 1 aromatic carbocycles. The third-order valence-corrected chi connectivity index (χ3v) is 3.15. The Morgan fingerprint density at radius 2 is 2.24 bits per heavy atom. The molecule has 0 spiro atoms. The van der Waals surface area contributed by atoms with Gasteiger partial charge in [0.2, 0.25) is 0 Å². The highest BCUT2D eigenvalue weighted by molar-refractivity contribution is 5.61. The highest BCUT2D eigenvalue weighted by atomic mass is 19.1. The number of benzene rings is 1. The lowest BCUT2D eigenvalue weighted by Gasteiger charge is -2.25. The van der Waals surface area contributed by atoms with Gasteiger partial charge in [-0.15, -0.1) is 0 Å². The van der Waals surface area contributed by atoms with E-state index in [1.54, 1.807) is 6.07 Å². The van der Waals surface area contributed by atoms with E-state index in [1.165, 1.54) is 6.07 Å². The quantitative estimate of drug-likeness (QED) is 0.777. The van der Waals surface area contributed by atoms with Gasteiger partial charge in [0.1, 0.15) is 17.4 Å². The molecule has 90 valence electrons. The van der Waals surface area contributed by atoms with Crippen LogP contribution in [0.15, 0.2) is 18.2 Å². The van der Waals surface area contributed by atoms with Gasteiger partial charge >= 0.3 is 0 Å². The summed E-state index contributed by atoms with van der Waals surface area (Å²) in [5.74, 6) is -0.410. The molecule has 0 aromatic heterocycles. The molecule has 3 heteroatoms. The van der Waals surface area contributed by atoms with Crippen LogP contribution in [0.1, 0.15) is 38.2 Å². The van der Waals surface area contributed by atoms with E-state index in [2.05, 4.69) is 11.8 Å². The highest BCUT2D eigenvalue weighted by Crippen LogP contribution is 2.34. The van der Waals surface area contributed by atoms with Gasteiger partial charge in [0.25, 0.3) is 0 Å². The van der Waals surface area contributed by atoms with Crippen molar-refractivity contribution in [1.29, 1.82) is 5.26 Å². The van der Waals surface area contributed by atoms with Crippen LogP contribution in [0, 0.1) is 17.1 Å². The van der Waals surface area contributed by atoms with Gasteiger partial charge in [-0.1, -0.05) is 19.4 Å². The Morgan fingerprint density at radius 3 is 2.82 bits per heavy atom. The number of rotatable bonds is 5. The van der Waals surface area contributed by atoms with Gasteiger partial charge in [0, 0.05) is 12.6 Å². The number of anilines is 1. The predicted molar refractivity (Wildman–Crippen MR) is 66.4 cm³/mol. The summed E-state index contributed by atoms with van der Waals surface area (Å²) in [6.45, 7) is 3.06. The molecule has 1 aliphatic rings. The van der Waals surface area contributed by atoms with E-state index in [0.29, 0.717) is 6.04 Å². The lowest BCUT2D eigenvalue weighted by molar-refractivity contribution is 0.621. The number of hydrogen-bond acceptors (Lipinski definition) is 2. The first-order chi connectivity index (χ1) is 8.27. The molecule has 0 amide bonds. The monoisotopic (exact) mass is 232 g/mol. The largest absolute Gasteiger partial charge is 0.367 e. The van der Waals surface area contributed by atoms with Crippen molar-refractivity contribution in [2.24, 2.45) is 0 Å². The standard InChI is InChI=1S/C14H17FN2/c1-2-3-9-17(11-7-8-11)14-6-4-5-13(15)12(14)10-16/h4-6,11H,2-3,7-9H2,1H3. The molecule has 1 aromatic rings. The van der Waals surface area contributed by atoms with Gasteiger partial charge in [0.05, 0.1) is 5.69 Å². The summed E-state index contributed by atoms with van der Waals surface area (Å²) >= 11 is 0. The van der Waals surface area contributed by atoms with Crippen molar-refractivity contribution in [3.63, 3.8) is 0 Å². The van der Waals surface area contributed by atoms with Crippen LogP contribution in [0.2, 0.25) is 0 Å². The molecule has 2 rings (SSSR count). The molecule has 0 atom stereocenters. The fraction of sp³-hybridized carbons (Fsp3) is 0.500. The first-order valence-electron chi connectivity index (χ1n) is 6.23. The van der Waals surface area contributed by atoms with Crippen molar-refractivity contribution in [3.8, 4) is 6.07 Å². The first kappa shape index (κ1) is 11.9. The number of nitrogens with zero attached hydrogens (tertiary/aromatic N) is 2. The van der Waals surface area contributed by atoms with Crippen molar-refractivity contribution in [3.05, 3.63) is 29.6 Å². The summed E-state index contributed by atoms with van der Waals surface area (Å²) in [4.78, 5) is 2.20. The molecular weight excluding hydrogens is 215 g/mol. The van der Waals surface area contributed by atoms with Crippen LogP contribution in [0.5, 0.6) is 0 Å². The Hall–Kier alpha value is -1.56. The number of halogens is 1. The van der Waals surface area contributed by atoms with E-state index < -0.39 is 5.82 Å². The number of hydrogen-bond donors (Lipinski definition) is 0. The summed E-state index contributed by atoms with van der Waals surface area (Å²) in [6, 6.07) is 7.39. The third-order valence-electron chi connectivity index (χ3n) is 3.15. The van der Waals surface area contributed by atoms with Crippen molar-refractivity contribution in [2.45, 2.75) is 38.6 Å². The molecule has 2 nitrogen and oxygen atoms in total. The highest BCUT2D eigenvalue weighted by Gasteiger charge is 2.30. The maximum absolute atomic E-state index is 13.6. The summed E-state index contributed by atoms with van der Waals surface area (Å²) in [5, 5.41) is 9.06. The zero-order chi connectivity index (χ0) is 12.3.